The average molecular weight is 290 g/mol. The van der Waals surface area contributed by atoms with E-state index in [1.807, 2.05) is 4.90 Å². The first-order chi connectivity index (χ1) is 8.90. The lowest BCUT2D eigenvalue weighted by Gasteiger charge is -2.40. The molecule has 1 heterocycles. The number of hydrogen-bond acceptors (Lipinski definition) is 4. The van der Waals surface area contributed by atoms with E-state index in [9.17, 15) is 13.2 Å². The molecule has 19 heavy (non-hydrogen) atoms. The van der Waals surface area contributed by atoms with Crippen LogP contribution < -0.4 is 4.72 Å². The third-order valence-corrected chi connectivity index (χ3v) is 4.55. The first-order valence-electron chi connectivity index (χ1n) is 6.77. The molecule has 2 aliphatic rings. The van der Waals surface area contributed by atoms with Crippen LogP contribution in [0, 0.1) is 0 Å². The molecule has 1 spiro atoms. The number of sulfonamides is 1. The molecular weight excluding hydrogens is 268 g/mol. The summed E-state index contributed by atoms with van der Waals surface area (Å²) in [6.45, 7) is 2.03. The van der Waals surface area contributed by atoms with Gasteiger partial charge in [0.2, 0.25) is 15.9 Å². The average Bonchev–Trinajstić information content (AvgIpc) is 2.75. The second-order valence-corrected chi connectivity index (χ2v) is 7.30. The Kier molecular flexibility index (Phi) is 4.47. The van der Waals surface area contributed by atoms with Crippen LogP contribution in [0.4, 0.5) is 0 Å². The molecule has 2 rings (SSSR count). The lowest BCUT2D eigenvalue weighted by Crippen LogP contribution is -2.52. The van der Waals surface area contributed by atoms with E-state index in [0.29, 0.717) is 19.7 Å². The lowest BCUT2D eigenvalue weighted by atomic mass is 9.99. The Balaban J connectivity index is 1.82. The van der Waals surface area contributed by atoms with Gasteiger partial charge in [-0.3, -0.25) is 4.79 Å². The lowest BCUT2D eigenvalue weighted by molar-refractivity contribution is -0.149. The third-order valence-electron chi connectivity index (χ3n) is 3.82. The Hall–Kier alpha value is -0.660. The normalized spacial score (nSPS) is 22.9. The van der Waals surface area contributed by atoms with E-state index in [1.165, 1.54) is 0 Å². The van der Waals surface area contributed by atoms with Gasteiger partial charge in [-0.25, -0.2) is 13.1 Å². The fourth-order valence-corrected chi connectivity index (χ4v) is 3.35. The SMILES string of the molecule is CS(=O)(=O)NCCC(=O)N1CCOC2(CCCC2)C1. The van der Waals surface area contributed by atoms with Crippen LogP contribution in [-0.2, 0) is 19.6 Å². The molecule has 1 amide bonds. The molecule has 1 N–H and O–H groups in total. The Bertz CT molecular complexity index is 429. The van der Waals surface area contributed by atoms with Crippen molar-refractivity contribution < 1.29 is 17.9 Å². The van der Waals surface area contributed by atoms with Gasteiger partial charge in [0.1, 0.15) is 0 Å². The van der Waals surface area contributed by atoms with Gasteiger partial charge in [-0.05, 0) is 12.8 Å². The molecule has 1 saturated heterocycles. The molecule has 0 radical (unpaired) electrons. The molecule has 0 aromatic heterocycles. The summed E-state index contributed by atoms with van der Waals surface area (Å²) in [5.41, 5.74) is -0.127. The number of ether oxygens (including phenoxy) is 1. The van der Waals surface area contributed by atoms with Crippen molar-refractivity contribution in [1.29, 1.82) is 0 Å². The zero-order chi connectivity index (χ0) is 13.9. The van der Waals surface area contributed by atoms with Crippen LogP contribution in [0.15, 0.2) is 0 Å². The maximum Gasteiger partial charge on any atom is 0.224 e. The molecule has 1 saturated carbocycles. The van der Waals surface area contributed by atoms with E-state index in [1.54, 1.807) is 0 Å². The van der Waals surface area contributed by atoms with Crippen LogP contribution >= 0.6 is 0 Å². The quantitative estimate of drug-likeness (QED) is 0.796. The highest BCUT2D eigenvalue weighted by Crippen LogP contribution is 2.35. The van der Waals surface area contributed by atoms with E-state index >= 15 is 0 Å². The standard InChI is InChI=1S/C12H22N2O4S/c1-19(16,17)13-7-4-11(15)14-8-9-18-12(10-14)5-2-3-6-12/h13H,2-10H2,1H3. The monoisotopic (exact) mass is 290 g/mol. The van der Waals surface area contributed by atoms with Crippen molar-refractivity contribution >= 4 is 15.9 Å². The van der Waals surface area contributed by atoms with E-state index in [-0.39, 0.29) is 24.5 Å². The minimum atomic E-state index is -3.22. The molecule has 6 nitrogen and oxygen atoms in total. The summed E-state index contributed by atoms with van der Waals surface area (Å²) in [7, 11) is -3.22. The predicted octanol–water partition coefficient (Wildman–Crippen LogP) is 0.0973. The van der Waals surface area contributed by atoms with Gasteiger partial charge in [0.15, 0.2) is 0 Å². The van der Waals surface area contributed by atoms with E-state index in [0.717, 1.165) is 31.9 Å². The number of hydrogen-bond donors (Lipinski definition) is 1. The number of carbonyl (C=O) groups excluding carboxylic acids is 1. The van der Waals surface area contributed by atoms with Crippen LogP contribution in [0.2, 0.25) is 0 Å². The molecule has 0 unspecified atom stereocenters. The molecule has 1 aliphatic heterocycles. The Morgan fingerprint density at radius 1 is 1.37 bits per heavy atom. The summed E-state index contributed by atoms with van der Waals surface area (Å²) < 4.78 is 30.1. The summed E-state index contributed by atoms with van der Waals surface area (Å²) in [6.07, 6.45) is 5.69. The van der Waals surface area contributed by atoms with Crippen LogP contribution in [0.1, 0.15) is 32.1 Å². The highest BCUT2D eigenvalue weighted by Gasteiger charge is 2.40. The summed E-state index contributed by atoms with van der Waals surface area (Å²) in [5.74, 6) is 0.00530. The number of amides is 1. The van der Waals surface area contributed by atoms with Crippen LogP contribution in [0.3, 0.4) is 0 Å². The Morgan fingerprint density at radius 2 is 2.05 bits per heavy atom. The maximum absolute atomic E-state index is 12.1. The molecule has 0 aromatic carbocycles. The number of nitrogens with zero attached hydrogens (tertiary/aromatic N) is 1. The predicted molar refractivity (Wildman–Crippen MR) is 71.2 cm³/mol. The largest absolute Gasteiger partial charge is 0.371 e. The van der Waals surface area contributed by atoms with Crippen molar-refractivity contribution in [2.45, 2.75) is 37.7 Å². The molecular formula is C12H22N2O4S. The van der Waals surface area contributed by atoms with Crippen molar-refractivity contribution in [3.63, 3.8) is 0 Å². The Morgan fingerprint density at radius 3 is 2.68 bits per heavy atom. The molecule has 0 aromatic rings. The van der Waals surface area contributed by atoms with Crippen molar-refractivity contribution in [3.8, 4) is 0 Å². The van der Waals surface area contributed by atoms with Crippen LogP contribution in [-0.4, -0.2) is 57.3 Å². The zero-order valence-electron chi connectivity index (χ0n) is 11.4. The maximum atomic E-state index is 12.1. The fraction of sp³-hybridized carbons (Fsp3) is 0.917. The van der Waals surface area contributed by atoms with Gasteiger partial charge in [0, 0.05) is 26.1 Å². The van der Waals surface area contributed by atoms with Crippen LogP contribution in [0.25, 0.3) is 0 Å². The first kappa shape index (κ1) is 14.7. The molecule has 2 fully saturated rings. The van der Waals surface area contributed by atoms with Gasteiger partial charge in [-0.15, -0.1) is 0 Å². The highest BCUT2D eigenvalue weighted by molar-refractivity contribution is 7.88. The number of nitrogens with one attached hydrogen (secondary N) is 1. The van der Waals surface area contributed by atoms with Gasteiger partial charge >= 0.3 is 0 Å². The third kappa shape index (κ3) is 4.15. The second kappa shape index (κ2) is 5.76. The smallest absolute Gasteiger partial charge is 0.224 e. The van der Waals surface area contributed by atoms with Gasteiger partial charge in [-0.2, -0.15) is 0 Å². The molecule has 0 atom stereocenters. The first-order valence-corrected chi connectivity index (χ1v) is 8.66. The van der Waals surface area contributed by atoms with Crippen molar-refractivity contribution in [1.82, 2.24) is 9.62 Å². The molecule has 0 bridgehead atoms. The number of carbonyl (C=O) groups is 1. The van der Waals surface area contributed by atoms with E-state index in [2.05, 4.69) is 4.72 Å². The van der Waals surface area contributed by atoms with Crippen molar-refractivity contribution in [2.24, 2.45) is 0 Å². The van der Waals surface area contributed by atoms with Gasteiger partial charge in [0.05, 0.1) is 18.5 Å². The van der Waals surface area contributed by atoms with Gasteiger partial charge < -0.3 is 9.64 Å². The van der Waals surface area contributed by atoms with E-state index in [4.69, 9.17) is 4.74 Å². The number of morpholine rings is 1. The molecule has 7 heteroatoms. The number of rotatable bonds is 4. The van der Waals surface area contributed by atoms with Gasteiger partial charge in [-0.1, -0.05) is 12.8 Å². The summed E-state index contributed by atoms with van der Waals surface area (Å²) in [6, 6.07) is 0. The van der Waals surface area contributed by atoms with Crippen LogP contribution in [0.5, 0.6) is 0 Å². The van der Waals surface area contributed by atoms with E-state index < -0.39 is 10.0 Å². The topological polar surface area (TPSA) is 75.7 Å². The minimum absolute atomic E-state index is 0.00530. The zero-order valence-corrected chi connectivity index (χ0v) is 12.2. The fourth-order valence-electron chi connectivity index (χ4n) is 2.88. The summed E-state index contributed by atoms with van der Waals surface area (Å²) >= 11 is 0. The molecule has 110 valence electrons. The second-order valence-electron chi connectivity index (χ2n) is 5.47. The summed E-state index contributed by atoms with van der Waals surface area (Å²) in [5, 5.41) is 0. The highest BCUT2D eigenvalue weighted by atomic mass is 32.2. The van der Waals surface area contributed by atoms with Crippen molar-refractivity contribution in [2.75, 3.05) is 32.5 Å². The minimum Gasteiger partial charge on any atom is -0.371 e. The van der Waals surface area contributed by atoms with Gasteiger partial charge in [0.25, 0.3) is 0 Å². The molecule has 1 aliphatic carbocycles. The Labute approximate surface area is 114 Å². The van der Waals surface area contributed by atoms with Crippen molar-refractivity contribution in [3.05, 3.63) is 0 Å². The summed E-state index contributed by atoms with van der Waals surface area (Å²) in [4.78, 5) is 13.9.